The van der Waals surface area contributed by atoms with E-state index in [1.165, 1.54) is 11.1 Å². The zero-order valence-corrected chi connectivity index (χ0v) is 11.5. The van der Waals surface area contributed by atoms with Crippen LogP contribution in [-0.2, 0) is 13.1 Å². The maximum Gasteiger partial charge on any atom is 0.170 e. The monoisotopic (exact) mass is 269 g/mol. The van der Waals surface area contributed by atoms with Crippen molar-refractivity contribution >= 4 is 5.84 Å². The molecule has 0 aliphatic rings. The van der Waals surface area contributed by atoms with Crippen molar-refractivity contribution in [1.82, 2.24) is 5.32 Å². The quantitative estimate of drug-likeness (QED) is 0.338. The molecule has 4 heteroatoms. The van der Waals surface area contributed by atoms with E-state index < -0.39 is 0 Å². The van der Waals surface area contributed by atoms with E-state index in [2.05, 4.69) is 41.7 Å². The minimum atomic E-state index is 0.130. The molecule has 0 aliphatic heterocycles. The van der Waals surface area contributed by atoms with Crippen LogP contribution in [0.2, 0.25) is 0 Å². The molecule has 0 atom stereocenters. The molecule has 2 aromatic carbocycles. The minimum Gasteiger partial charge on any atom is -0.409 e. The summed E-state index contributed by atoms with van der Waals surface area (Å²) >= 11 is 0. The molecule has 2 rings (SSSR count). The van der Waals surface area contributed by atoms with Crippen LogP contribution in [0.25, 0.3) is 0 Å². The topological polar surface area (TPSA) is 70.6 Å². The van der Waals surface area contributed by atoms with Crippen LogP contribution in [0.5, 0.6) is 0 Å². The molecule has 0 aromatic heterocycles. The van der Waals surface area contributed by atoms with E-state index in [9.17, 15) is 0 Å². The summed E-state index contributed by atoms with van der Waals surface area (Å²) in [7, 11) is 0. The predicted octanol–water partition coefficient (Wildman–Crippen LogP) is 2.38. The number of hydrogen-bond acceptors (Lipinski definition) is 3. The molecule has 0 bridgehead atoms. The highest BCUT2D eigenvalue weighted by atomic mass is 16.4. The first-order valence-corrected chi connectivity index (χ1v) is 6.52. The maximum absolute atomic E-state index is 8.68. The smallest absolute Gasteiger partial charge is 0.170 e. The van der Waals surface area contributed by atoms with Crippen LogP contribution in [0, 0.1) is 6.92 Å². The van der Waals surface area contributed by atoms with Crippen molar-refractivity contribution in [3.63, 3.8) is 0 Å². The minimum absolute atomic E-state index is 0.130. The van der Waals surface area contributed by atoms with E-state index in [0.29, 0.717) is 0 Å². The van der Waals surface area contributed by atoms with Crippen molar-refractivity contribution in [2.45, 2.75) is 20.0 Å². The van der Waals surface area contributed by atoms with Crippen molar-refractivity contribution in [3.8, 4) is 0 Å². The van der Waals surface area contributed by atoms with Crippen LogP contribution in [0.15, 0.2) is 53.7 Å². The first-order chi connectivity index (χ1) is 9.69. The number of nitrogens with two attached hydrogens (primary N) is 1. The van der Waals surface area contributed by atoms with Gasteiger partial charge in [-0.15, -0.1) is 0 Å². The average Bonchev–Trinajstić information content (AvgIpc) is 2.47. The third-order valence-corrected chi connectivity index (χ3v) is 3.07. The molecule has 0 spiro atoms. The summed E-state index contributed by atoms with van der Waals surface area (Å²) in [5.41, 5.74) is 9.93. The molecule has 0 aliphatic carbocycles. The summed E-state index contributed by atoms with van der Waals surface area (Å²) in [5.74, 6) is 0.130. The Morgan fingerprint density at radius 1 is 1.10 bits per heavy atom. The number of rotatable bonds is 5. The van der Waals surface area contributed by atoms with Crippen LogP contribution in [-0.4, -0.2) is 11.0 Å². The van der Waals surface area contributed by atoms with Gasteiger partial charge in [-0.25, -0.2) is 0 Å². The van der Waals surface area contributed by atoms with Gasteiger partial charge in [-0.2, -0.15) is 0 Å². The standard InChI is InChI=1S/C16H19N3O/c1-12-4-2-5-13(8-12)10-18-11-14-6-3-7-15(9-14)16(17)19-20/h2-9,18,20H,10-11H2,1H3,(H2,17,19). The second kappa shape index (κ2) is 6.73. The Bertz CT molecular complexity index is 608. The van der Waals surface area contributed by atoms with Gasteiger partial charge in [-0.3, -0.25) is 0 Å². The highest BCUT2D eigenvalue weighted by Crippen LogP contribution is 2.07. The van der Waals surface area contributed by atoms with Gasteiger partial charge in [0.05, 0.1) is 0 Å². The van der Waals surface area contributed by atoms with Gasteiger partial charge >= 0.3 is 0 Å². The molecule has 4 nitrogen and oxygen atoms in total. The Balaban J connectivity index is 1.94. The summed E-state index contributed by atoms with van der Waals surface area (Å²) in [6, 6.07) is 16.1. The second-order valence-corrected chi connectivity index (χ2v) is 4.78. The molecular formula is C16H19N3O. The van der Waals surface area contributed by atoms with Crippen molar-refractivity contribution < 1.29 is 5.21 Å². The second-order valence-electron chi connectivity index (χ2n) is 4.78. The average molecular weight is 269 g/mol. The van der Waals surface area contributed by atoms with Crippen molar-refractivity contribution in [2.24, 2.45) is 10.9 Å². The first kappa shape index (κ1) is 14.1. The van der Waals surface area contributed by atoms with E-state index in [4.69, 9.17) is 10.9 Å². The highest BCUT2D eigenvalue weighted by Gasteiger charge is 2.00. The zero-order chi connectivity index (χ0) is 14.4. The number of amidine groups is 1. The molecule has 2 aromatic rings. The van der Waals surface area contributed by atoms with Crippen LogP contribution in [0.1, 0.15) is 22.3 Å². The van der Waals surface area contributed by atoms with Gasteiger partial charge < -0.3 is 16.3 Å². The molecule has 0 saturated carbocycles. The zero-order valence-electron chi connectivity index (χ0n) is 11.5. The molecule has 0 amide bonds. The lowest BCUT2D eigenvalue weighted by atomic mass is 10.1. The Labute approximate surface area is 118 Å². The first-order valence-electron chi connectivity index (χ1n) is 6.52. The normalized spacial score (nSPS) is 11.6. The molecule has 0 saturated heterocycles. The summed E-state index contributed by atoms with van der Waals surface area (Å²) in [6.07, 6.45) is 0. The third-order valence-electron chi connectivity index (χ3n) is 3.07. The molecular weight excluding hydrogens is 250 g/mol. The Morgan fingerprint density at radius 3 is 2.40 bits per heavy atom. The SMILES string of the molecule is Cc1cccc(CNCc2cccc(C(N)=NO)c2)c1. The number of hydrogen-bond donors (Lipinski definition) is 3. The lowest BCUT2D eigenvalue weighted by Gasteiger charge is -2.07. The molecule has 104 valence electrons. The number of nitrogens with one attached hydrogen (secondary N) is 1. The van der Waals surface area contributed by atoms with Crippen LogP contribution < -0.4 is 11.1 Å². The van der Waals surface area contributed by atoms with E-state index in [1.54, 1.807) is 0 Å². The van der Waals surface area contributed by atoms with Gasteiger partial charge in [0.25, 0.3) is 0 Å². The summed E-state index contributed by atoms with van der Waals surface area (Å²) in [4.78, 5) is 0. The molecule has 0 radical (unpaired) electrons. The van der Waals surface area contributed by atoms with Gasteiger partial charge in [0, 0.05) is 18.7 Å². The molecule has 20 heavy (non-hydrogen) atoms. The van der Waals surface area contributed by atoms with E-state index in [0.717, 1.165) is 24.2 Å². The maximum atomic E-state index is 8.68. The Kier molecular flexibility index (Phi) is 4.74. The fourth-order valence-corrected chi connectivity index (χ4v) is 2.07. The molecule has 0 heterocycles. The van der Waals surface area contributed by atoms with Crippen LogP contribution >= 0.6 is 0 Å². The van der Waals surface area contributed by atoms with E-state index >= 15 is 0 Å². The summed E-state index contributed by atoms with van der Waals surface area (Å²) in [6.45, 7) is 3.64. The van der Waals surface area contributed by atoms with Crippen LogP contribution in [0.3, 0.4) is 0 Å². The van der Waals surface area contributed by atoms with Crippen LogP contribution in [0.4, 0.5) is 0 Å². The number of aryl methyl sites for hydroxylation is 1. The molecule has 4 N–H and O–H groups in total. The van der Waals surface area contributed by atoms with Gasteiger partial charge in [-0.05, 0) is 24.1 Å². The Morgan fingerprint density at radius 2 is 1.75 bits per heavy atom. The van der Waals surface area contributed by atoms with Gasteiger partial charge in [-0.1, -0.05) is 53.2 Å². The number of benzene rings is 2. The van der Waals surface area contributed by atoms with Gasteiger partial charge in [0.15, 0.2) is 5.84 Å². The van der Waals surface area contributed by atoms with Crippen molar-refractivity contribution in [2.75, 3.05) is 0 Å². The fourth-order valence-electron chi connectivity index (χ4n) is 2.07. The lowest BCUT2D eigenvalue weighted by molar-refractivity contribution is 0.318. The molecule has 0 fully saturated rings. The largest absolute Gasteiger partial charge is 0.409 e. The number of nitrogens with zero attached hydrogens (tertiary/aromatic N) is 1. The number of oxime groups is 1. The highest BCUT2D eigenvalue weighted by molar-refractivity contribution is 5.97. The third kappa shape index (κ3) is 3.83. The van der Waals surface area contributed by atoms with Crippen molar-refractivity contribution in [1.29, 1.82) is 0 Å². The van der Waals surface area contributed by atoms with Gasteiger partial charge in [0.1, 0.15) is 0 Å². The van der Waals surface area contributed by atoms with E-state index in [-0.39, 0.29) is 5.84 Å². The summed E-state index contributed by atoms with van der Waals surface area (Å²) < 4.78 is 0. The predicted molar refractivity (Wildman–Crippen MR) is 80.7 cm³/mol. The fraction of sp³-hybridized carbons (Fsp3) is 0.188. The van der Waals surface area contributed by atoms with E-state index in [1.807, 2.05) is 24.3 Å². The lowest BCUT2D eigenvalue weighted by Crippen LogP contribution is -2.15. The van der Waals surface area contributed by atoms with Crippen molar-refractivity contribution in [3.05, 3.63) is 70.8 Å². The summed E-state index contributed by atoms with van der Waals surface area (Å²) in [5, 5.41) is 15.1. The van der Waals surface area contributed by atoms with Gasteiger partial charge in [0.2, 0.25) is 0 Å². The Hall–Kier alpha value is -2.33. The molecule has 0 unspecified atom stereocenters.